The van der Waals surface area contributed by atoms with Crippen molar-refractivity contribution in [2.45, 2.75) is 44.2 Å². The van der Waals surface area contributed by atoms with Gasteiger partial charge in [-0.3, -0.25) is 9.69 Å². The molecule has 5 heteroatoms. The number of piperidine rings is 1. The number of likely N-dealkylation sites (N-methyl/N-ethyl adjacent to an activating group) is 1. The number of aromatic nitrogens is 1. The van der Waals surface area contributed by atoms with Crippen LogP contribution in [0.5, 0.6) is 0 Å². The molecule has 1 aromatic rings. The van der Waals surface area contributed by atoms with Crippen LogP contribution < -0.4 is 0 Å². The fraction of sp³-hybridized carbons (Fsp3) is 0.667. The van der Waals surface area contributed by atoms with E-state index in [0.29, 0.717) is 11.7 Å². The summed E-state index contributed by atoms with van der Waals surface area (Å²) in [5, 5.41) is 0. The van der Waals surface area contributed by atoms with Crippen molar-refractivity contribution in [3.63, 3.8) is 0 Å². The number of ether oxygens (including phenoxy) is 1. The highest BCUT2D eigenvalue weighted by Gasteiger charge is 2.46. The van der Waals surface area contributed by atoms with Crippen molar-refractivity contribution >= 4 is 5.91 Å². The molecule has 2 fully saturated rings. The second-order valence-corrected chi connectivity index (χ2v) is 6.94. The molecule has 0 bridgehead atoms. The highest BCUT2D eigenvalue weighted by molar-refractivity contribution is 5.92. The van der Waals surface area contributed by atoms with E-state index in [1.54, 1.807) is 7.11 Å². The normalized spacial score (nSPS) is 24.3. The Bertz CT molecular complexity index is 567. The predicted molar refractivity (Wildman–Crippen MR) is 89.5 cm³/mol. The number of hydrogen-bond acceptors (Lipinski definition) is 4. The molecule has 1 unspecified atom stereocenters. The SMILES string of the molecule is COCC1CCC2(CCN(C(=O)c3cccc(C)n3)CC2)N1C. The summed E-state index contributed by atoms with van der Waals surface area (Å²) in [7, 11) is 3.99. The van der Waals surface area contributed by atoms with Gasteiger partial charge in [-0.15, -0.1) is 0 Å². The lowest BCUT2D eigenvalue weighted by Crippen LogP contribution is -2.54. The standard InChI is InChI=1S/C18H27N3O2/c1-14-5-4-6-16(19-14)17(22)21-11-9-18(10-12-21)8-7-15(13-23-3)20(18)2/h4-6,15H,7-13H2,1-3H3. The lowest BCUT2D eigenvalue weighted by Gasteiger charge is -2.45. The monoisotopic (exact) mass is 317 g/mol. The van der Waals surface area contributed by atoms with E-state index in [0.717, 1.165) is 38.2 Å². The molecule has 1 amide bonds. The van der Waals surface area contributed by atoms with E-state index < -0.39 is 0 Å². The van der Waals surface area contributed by atoms with Gasteiger partial charge in [0, 0.05) is 37.5 Å². The molecular formula is C18H27N3O2. The summed E-state index contributed by atoms with van der Waals surface area (Å²) in [5.41, 5.74) is 1.71. The van der Waals surface area contributed by atoms with Crippen molar-refractivity contribution in [3.8, 4) is 0 Å². The first-order valence-corrected chi connectivity index (χ1v) is 8.50. The van der Waals surface area contributed by atoms with Crippen molar-refractivity contribution in [2.75, 3.05) is 33.9 Å². The number of pyridine rings is 1. The first kappa shape index (κ1) is 16.4. The Balaban J connectivity index is 1.63. The van der Waals surface area contributed by atoms with Crippen LogP contribution in [0, 0.1) is 6.92 Å². The fourth-order valence-corrected chi connectivity index (χ4v) is 4.13. The second kappa shape index (κ2) is 6.57. The summed E-state index contributed by atoms with van der Waals surface area (Å²) < 4.78 is 5.34. The minimum Gasteiger partial charge on any atom is -0.383 e. The molecule has 0 aliphatic carbocycles. The fourth-order valence-electron chi connectivity index (χ4n) is 4.13. The van der Waals surface area contributed by atoms with Gasteiger partial charge in [0.05, 0.1) is 6.61 Å². The number of likely N-dealkylation sites (tertiary alicyclic amines) is 2. The average Bonchev–Trinajstić information content (AvgIpc) is 2.85. The third-order valence-electron chi connectivity index (χ3n) is 5.69. The topological polar surface area (TPSA) is 45.7 Å². The van der Waals surface area contributed by atoms with Gasteiger partial charge < -0.3 is 9.64 Å². The number of aryl methyl sites for hydroxylation is 1. The van der Waals surface area contributed by atoms with Crippen molar-refractivity contribution in [3.05, 3.63) is 29.6 Å². The largest absolute Gasteiger partial charge is 0.383 e. The Kier molecular flexibility index (Phi) is 4.69. The zero-order valence-electron chi connectivity index (χ0n) is 14.4. The first-order chi connectivity index (χ1) is 11.1. The molecule has 0 aromatic carbocycles. The van der Waals surface area contributed by atoms with Crippen LogP contribution in [0.2, 0.25) is 0 Å². The molecule has 1 aromatic heterocycles. The number of amides is 1. The molecule has 1 atom stereocenters. The zero-order valence-corrected chi connectivity index (χ0v) is 14.4. The summed E-state index contributed by atoms with van der Waals surface area (Å²) in [6.07, 6.45) is 4.49. The van der Waals surface area contributed by atoms with Crippen molar-refractivity contribution in [1.29, 1.82) is 0 Å². The van der Waals surface area contributed by atoms with Crippen molar-refractivity contribution in [2.24, 2.45) is 0 Å². The quantitative estimate of drug-likeness (QED) is 0.856. The molecule has 0 saturated carbocycles. The smallest absolute Gasteiger partial charge is 0.272 e. The van der Waals surface area contributed by atoms with Gasteiger partial charge in [-0.05, 0) is 51.8 Å². The maximum atomic E-state index is 12.6. The summed E-state index contributed by atoms with van der Waals surface area (Å²) in [6.45, 7) is 4.36. The van der Waals surface area contributed by atoms with Gasteiger partial charge in [-0.25, -0.2) is 4.98 Å². The van der Waals surface area contributed by atoms with Gasteiger partial charge in [0.15, 0.2) is 0 Å². The maximum absolute atomic E-state index is 12.6. The van der Waals surface area contributed by atoms with Gasteiger partial charge in [-0.2, -0.15) is 0 Å². The van der Waals surface area contributed by atoms with Gasteiger partial charge in [0.25, 0.3) is 5.91 Å². The van der Waals surface area contributed by atoms with E-state index in [9.17, 15) is 4.79 Å². The van der Waals surface area contributed by atoms with Gasteiger partial charge in [0.1, 0.15) is 5.69 Å². The van der Waals surface area contributed by atoms with E-state index in [4.69, 9.17) is 4.74 Å². The third kappa shape index (κ3) is 3.12. The number of rotatable bonds is 3. The molecule has 1 spiro atoms. The zero-order chi connectivity index (χ0) is 16.4. The van der Waals surface area contributed by atoms with Crippen LogP contribution in [0.3, 0.4) is 0 Å². The minimum atomic E-state index is 0.0673. The van der Waals surface area contributed by atoms with E-state index in [1.165, 1.54) is 12.8 Å². The number of carbonyl (C=O) groups excluding carboxylic acids is 1. The van der Waals surface area contributed by atoms with Crippen LogP contribution in [0.1, 0.15) is 41.9 Å². The molecule has 126 valence electrons. The summed E-state index contributed by atoms with van der Waals surface area (Å²) in [6, 6.07) is 6.16. The van der Waals surface area contributed by atoms with Crippen molar-refractivity contribution < 1.29 is 9.53 Å². The molecule has 23 heavy (non-hydrogen) atoms. The van der Waals surface area contributed by atoms with Crippen molar-refractivity contribution in [1.82, 2.24) is 14.8 Å². The molecule has 2 aliphatic heterocycles. The summed E-state index contributed by atoms with van der Waals surface area (Å²) in [4.78, 5) is 21.5. The third-order valence-corrected chi connectivity index (χ3v) is 5.69. The number of methoxy groups -OCH3 is 1. The molecule has 3 heterocycles. The van der Waals surface area contributed by atoms with E-state index >= 15 is 0 Å². The predicted octanol–water partition coefficient (Wildman–Crippen LogP) is 2.11. The lowest BCUT2D eigenvalue weighted by atomic mass is 9.85. The number of hydrogen-bond donors (Lipinski definition) is 0. The van der Waals surface area contributed by atoms with E-state index in [1.807, 2.05) is 30.0 Å². The Labute approximate surface area is 138 Å². The molecule has 2 aliphatic rings. The highest BCUT2D eigenvalue weighted by atomic mass is 16.5. The number of carbonyl (C=O) groups is 1. The molecule has 3 rings (SSSR count). The van der Waals surface area contributed by atoms with Gasteiger partial charge in [-0.1, -0.05) is 6.07 Å². The molecule has 5 nitrogen and oxygen atoms in total. The average molecular weight is 317 g/mol. The maximum Gasteiger partial charge on any atom is 0.272 e. The summed E-state index contributed by atoms with van der Waals surface area (Å²) >= 11 is 0. The number of nitrogens with zero attached hydrogens (tertiary/aromatic N) is 3. The minimum absolute atomic E-state index is 0.0673. The van der Waals surface area contributed by atoms with Crippen LogP contribution in [0.4, 0.5) is 0 Å². The highest BCUT2D eigenvalue weighted by Crippen LogP contribution is 2.40. The molecule has 2 saturated heterocycles. The van der Waals surface area contributed by atoms with Crippen LogP contribution in [0.15, 0.2) is 18.2 Å². The Morgan fingerprint density at radius 3 is 2.74 bits per heavy atom. The Morgan fingerprint density at radius 1 is 1.35 bits per heavy atom. The van der Waals surface area contributed by atoms with E-state index in [-0.39, 0.29) is 11.4 Å². The van der Waals surface area contributed by atoms with Crippen LogP contribution in [0.25, 0.3) is 0 Å². The first-order valence-electron chi connectivity index (χ1n) is 8.50. The Hall–Kier alpha value is -1.46. The van der Waals surface area contributed by atoms with E-state index in [2.05, 4.69) is 16.9 Å². The Morgan fingerprint density at radius 2 is 2.09 bits per heavy atom. The summed E-state index contributed by atoms with van der Waals surface area (Å²) in [5.74, 6) is 0.0673. The molecule has 0 N–H and O–H groups in total. The lowest BCUT2D eigenvalue weighted by molar-refractivity contribution is 0.0271. The van der Waals surface area contributed by atoms with Crippen LogP contribution >= 0.6 is 0 Å². The van der Waals surface area contributed by atoms with Crippen LogP contribution in [-0.4, -0.2) is 66.1 Å². The second-order valence-electron chi connectivity index (χ2n) is 6.94. The van der Waals surface area contributed by atoms with Gasteiger partial charge >= 0.3 is 0 Å². The molecular weight excluding hydrogens is 290 g/mol. The van der Waals surface area contributed by atoms with Gasteiger partial charge in [0.2, 0.25) is 0 Å². The van der Waals surface area contributed by atoms with Crippen LogP contribution in [-0.2, 0) is 4.74 Å². The molecule has 0 radical (unpaired) electrons.